The number of hydrogen-bond acceptors (Lipinski definition) is 4. The molecule has 2 aromatic carbocycles. The Morgan fingerprint density at radius 1 is 0.885 bits per heavy atom. The van der Waals surface area contributed by atoms with Crippen molar-refractivity contribution in [2.75, 3.05) is 30.8 Å². The molecule has 0 aromatic heterocycles. The van der Waals surface area contributed by atoms with Gasteiger partial charge in [0.2, 0.25) is 11.8 Å². The average molecular weight is 375 g/mol. The van der Waals surface area contributed by atoms with Crippen molar-refractivity contribution in [3.05, 3.63) is 59.1 Å². The van der Waals surface area contributed by atoms with Crippen LogP contribution in [0.25, 0.3) is 0 Å². The van der Waals surface area contributed by atoms with Gasteiger partial charge in [-0.15, -0.1) is 0 Å². The zero-order valence-electron chi connectivity index (χ0n) is 14.1. The predicted molar refractivity (Wildman–Crippen MR) is 101 cm³/mol. The quantitative estimate of drug-likeness (QED) is 0.594. The molecule has 0 aliphatic carbocycles. The van der Waals surface area contributed by atoms with E-state index in [1.807, 2.05) is 0 Å². The van der Waals surface area contributed by atoms with Crippen LogP contribution in [0.2, 0.25) is 5.02 Å². The summed E-state index contributed by atoms with van der Waals surface area (Å²) in [7, 11) is 1.51. The Kier molecular flexibility index (Phi) is 7.13. The average Bonchev–Trinajstić information content (AvgIpc) is 2.63. The van der Waals surface area contributed by atoms with Crippen molar-refractivity contribution in [3.8, 4) is 0 Å². The molecule has 0 bridgehead atoms. The maximum absolute atomic E-state index is 12.5. The molecule has 0 atom stereocenters. The van der Waals surface area contributed by atoms with Gasteiger partial charge < -0.3 is 16.0 Å². The van der Waals surface area contributed by atoms with E-state index >= 15 is 0 Å². The SMILES string of the molecule is CNC(=O)CNCC(=O)Nc1ccccc1C(=O)Nc1ccc(Cl)cc1. The van der Waals surface area contributed by atoms with Crippen LogP contribution in [0.3, 0.4) is 0 Å². The molecule has 2 aromatic rings. The second kappa shape index (κ2) is 9.55. The maximum atomic E-state index is 12.5. The number of carbonyl (C=O) groups excluding carboxylic acids is 3. The molecular weight excluding hydrogens is 356 g/mol. The van der Waals surface area contributed by atoms with Crippen LogP contribution in [-0.2, 0) is 9.59 Å². The van der Waals surface area contributed by atoms with Gasteiger partial charge >= 0.3 is 0 Å². The molecule has 0 fully saturated rings. The van der Waals surface area contributed by atoms with Gasteiger partial charge in [-0.2, -0.15) is 0 Å². The van der Waals surface area contributed by atoms with Gasteiger partial charge in [0.1, 0.15) is 0 Å². The number of halogens is 1. The lowest BCUT2D eigenvalue weighted by molar-refractivity contribution is -0.120. The van der Waals surface area contributed by atoms with E-state index in [0.717, 1.165) is 0 Å². The van der Waals surface area contributed by atoms with E-state index < -0.39 is 0 Å². The first-order chi connectivity index (χ1) is 12.5. The van der Waals surface area contributed by atoms with E-state index in [4.69, 9.17) is 11.6 Å². The van der Waals surface area contributed by atoms with Crippen LogP contribution in [0.15, 0.2) is 48.5 Å². The van der Waals surface area contributed by atoms with Gasteiger partial charge in [-0.25, -0.2) is 0 Å². The van der Waals surface area contributed by atoms with E-state index in [0.29, 0.717) is 22.0 Å². The largest absolute Gasteiger partial charge is 0.358 e. The van der Waals surface area contributed by atoms with Crippen LogP contribution in [0.5, 0.6) is 0 Å². The Morgan fingerprint density at radius 3 is 2.23 bits per heavy atom. The number of benzene rings is 2. The van der Waals surface area contributed by atoms with Crippen LogP contribution in [0.1, 0.15) is 10.4 Å². The van der Waals surface area contributed by atoms with Gasteiger partial charge in [-0.1, -0.05) is 23.7 Å². The molecule has 0 unspecified atom stereocenters. The van der Waals surface area contributed by atoms with Crippen molar-refractivity contribution in [2.24, 2.45) is 0 Å². The number of amides is 3. The molecule has 2 rings (SSSR count). The Balaban J connectivity index is 2.00. The molecule has 7 nitrogen and oxygen atoms in total. The van der Waals surface area contributed by atoms with Gasteiger partial charge in [0.15, 0.2) is 0 Å². The molecular formula is C18H19ClN4O3. The predicted octanol–water partition coefficient (Wildman–Crippen LogP) is 1.87. The standard InChI is InChI=1S/C18H19ClN4O3/c1-20-16(24)10-21-11-17(25)23-15-5-3-2-4-14(15)18(26)22-13-8-6-12(19)7-9-13/h2-9,21H,10-11H2,1H3,(H,20,24)(H,22,26)(H,23,25). The first-order valence-electron chi connectivity index (χ1n) is 7.86. The topological polar surface area (TPSA) is 99.3 Å². The molecule has 0 spiro atoms. The van der Waals surface area contributed by atoms with Crippen molar-refractivity contribution in [1.29, 1.82) is 0 Å². The van der Waals surface area contributed by atoms with Gasteiger partial charge in [-0.3, -0.25) is 19.7 Å². The summed E-state index contributed by atoms with van der Waals surface area (Å²) in [5.74, 6) is -0.942. The fraction of sp³-hybridized carbons (Fsp3) is 0.167. The number of likely N-dealkylation sites (N-methyl/N-ethyl adjacent to an activating group) is 1. The minimum Gasteiger partial charge on any atom is -0.358 e. The van der Waals surface area contributed by atoms with Gasteiger partial charge in [0, 0.05) is 17.8 Å². The summed E-state index contributed by atoms with van der Waals surface area (Å²) in [6.45, 7) is -0.0246. The first-order valence-corrected chi connectivity index (χ1v) is 8.24. The number of nitrogens with one attached hydrogen (secondary N) is 4. The lowest BCUT2D eigenvalue weighted by atomic mass is 10.1. The van der Waals surface area contributed by atoms with Gasteiger partial charge in [0.25, 0.3) is 5.91 Å². The molecule has 0 heterocycles. The van der Waals surface area contributed by atoms with Crippen molar-refractivity contribution in [3.63, 3.8) is 0 Å². The summed E-state index contributed by atoms with van der Waals surface area (Å²) < 4.78 is 0. The lowest BCUT2D eigenvalue weighted by Gasteiger charge is -2.12. The molecule has 26 heavy (non-hydrogen) atoms. The second-order valence-electron chi connectivity index (χ2n) is 5.33. The zero-order valence-corrected chi connectivity index (χ0v) is 14.9. The lowest BCUT2D eigenvalue weighted by Crippen LogP contribution is -2.36. The highest BCUT2D eigenvalue weighted by Gasteiger charge is 2.13. The van der Waals surface area contributed by atoms with E-state index in [2.05, 4.69) is 21.3 Å². The summed E-state index contributed by atoms with van der Waals surface area (Å²) in [6, 6.07) is 13.4. The minimum atomic E-state index is -0.361. The number of para-hydroxylation sites is 1. The number of rotatable bonds is 7. The van der Waals surface area contributed by atoms with E-state index in [9.17, 15) is 14.4 Å². The van der Waals surface area contributed by atoms with Crippen LogP contribution in [0.4, 0.5) is 11.4 Å². The minimum absolute atomic E-state index is 0.0304. The third-order valence-corrected chi connectivity index (χ3v) is 3.65. The van der Waals surface area contributed by atoms with Crippen molar-refractivity contribution in [2.45, 2.75) is 0 Å². The van der Waals surface area contributed by atoms with Crippen molar-refractivity contribution in [1.82, 2.24) is 10.6 Å². The Bertz CT molecular complexity index is 793. The molecule has 0 radical (unpaired) electrons. The highest BCUT2D eigenvalue weighted by Crippen LogP contribution is 2.18. The van der Waals surface area contributed by atoms with Crippen molar-refractivity contribution >= 4 is 40.7 Å². The smallest absolute Gasteiger partial charge is 0.257 e. The highest BCUT2D eigenvalue weighted by molar-refractivity contribution is 6.30. The van der Waals surface area contributed by atoms with E-state index in [1.54, 1.807) is 48.5 Å². The zero-order chi connectivity index (χ0) is 18.9. The molecule has 0 saturated heterocycles. The monoisotopic (exact) mass is 374 g/mol. The normalized spacial score (nSPS) is 10.1. The van der Waals surface area contributed by atoms with Crippen LogP contribution in [-0.4, -0.2) is 37.9 Å². The van der Waals surface area contributed by atoms with E-state index in [1.165, 1.54) is 7.05 Å². The fourth-order valence-electron chi connectivity index (χ4n) is 2.09. The summed E-state index contributed by atoms with van der Waals surface area (Å²) in [4.78, 5) is 35.6. The molecule has 3 amide bonds. The molecule has 0 saturated carbocycles. The Labute approximate surface area is 156 Å². The number of carbonyl (C=O) groups is 3. The van der Waals surface area contributed by atoms with Gasteiger partial charge in [-0.05, 0) is 36.4 Å². The maximum Gasteiger partial charge on any atom is 0.257 e. The first kappa shape index (κ1) is 19.4. The van der Waals surface area contributed by atoms with Crippen LogP contribution >= 0.6 is 11.6 Å². The number of hydrogen-bond donors (Lipinski definition) is 4. The van der Waals surface area contributed by atoms with Crippen molar-refractivity contribution < 1.29 is 14.4 Å². The highest BCUT2D eigenvalue weighted by atomic mass is 35.5. The molecule has 8 heteroatoms. The second-order valence-corrected chi connectivity index (χ2v) is 5.77. The van der Waals surface area contributed by atoms with E-state index in [-0.39, 0.29) is 30.8 Å². The third-order valence-electron chi connectivity index (χ3n) is 3.40. The van der Waals surface area contributed by atoms with Crippen LogP contribution < -0.4 is 21.3 Å². The molecule has 4 N–H and O–H groups in total. The molecule has 0 aliphatic rings. The van der Waals surface area contributed by atoms with Crippen LogP contribution in [0, 0.1) is 0 Å². The summed E-state index contributed by atoms with van der Waals surface area (Å²) in [6.07, 6.45) is 0. The Morgan fingerprint density at radius 2 is 1.54 bits per heavy atom. The third kappa shape index (κ3) is 5.87. The summed E-state index contributed by atoms with van der Waals surface area (Å²) in [5, 5.41) is 11.1. The van der Waals surface area contributed by atoms with Gasteiger partial charge in [0.05, 0.1) is 24.3 Å². The molecule has 0 aliphatic heterocycles. The summed E-state index contributed by atoms with van der Waals surface area (Å²) in [5.41, 5.74) is 1.29. The molecule has 136 valence electrons. The number of anilines is 2. The summed E-state index contributed by atoms with van der Waals surface area (Å²) >= 11 is 5.83. The fourth-order valence-corrected chi connectivity index (χ4v) is 2.22. The Hall–Kier alpha value is -2.90.